The van der Waals surface area contributed by atoms with Crippen LogP contribution in [0.4, 0.5) is 10.1 Å². The summed E-state index contributed by atoms with van der Waals surface area (Å²) in [7, 11) is 0. The molecule has 1 unspecified atom stereocenters. The molecule has 2 aliphatic heterocycles. The molecule has 4 rings (SSSR count). The molecule has 2 heterocycles. The number of benzene rings is 2. The summed E-state index contributed by atoms with van der Waals surface area (Å²) in [6.07, 6.45) is 0. The maximum atomic E-state index is 15.5. The number of anilines is 1. The molecule has 0 radical (unpaired) electrons. The molecule has 0 bridgehead atoms. The van der Waals surface area contributed by atoms with Crippen molar-refractivity contribution in [2.45, 2.75) is 59.5 Å². The van der Waals surface area contributed by atoms with Crippen molar-refractivity contribution in [1.29, 1.82) is 5.41 Å². The number of fused-ring (bicyclic) bond motifs is 2. The number of ether oxygens (including phenoxy) is 3. The van der Waals surface area contributed by atoms with Crippen molar-refractivity contribution in [3.63, 3.8) is 0 Å². The first-order chi connectivity index (χ1) is 18.4. The Morgan fingerprint density at radius 2 is 1.87 bits per heavy atom. The highest BCUT2D eigenvalue weighted by Gasteiger charge is 2.35. The van der Waals surface area contributed by atoms with Gasteiger partial charge in [0.1, 0.15) is 24.2 Å². The van der Waals surface area contributed by atoms with Crippen molar-refractivity contribution in [1.82, 2.24) is 4.90 Å². The molecule has 210 valence electrons. The van der Waals surface area contributed by atoms with E-state index in [1.807, 2.05) is 20.8 Å². The van der Waals surface area contributed by atoms with Crippen LogP contribution in [0.15, 0.2) is 18.2 Å². The summed E-state index contributed by atoms with van der Waals surface area (Å²) in [4.78, 5) is 28.7. The Morgan fingerprint density at radius 3 is 2.49 bits per heavy atom. The van der Waals surface area contributed by atoms with Crippen LogP contribution in [-0.2, 0) is 16.8 Å². The summed E-state index contributed by atoms with van der Waals surface area (Å²) in [5.41, 5.74) is 1.99. The summed E-state index contributed by atoms with van der Waals surface area (Å²) in [5.74, 6) is -1.20. The van der Waals surface area contributed by atoms with Crippen LogP contribution in [-0.4, -0.2) is 66.5 Å². The lowest BCUT2D eigenvalue weighted by atomic mass is 9.84. The number of carboxylic acids is 1. The average molecular weight is 542 g/mol. The van der Waals surface area contributed by atoms with Gasteiger partial charge in [-0.25, -0.2) is 9.18 Å². The maximum absolute atomic E-state index is 15.5. The second kappa shape index (κ2) is 10.7. The SMILES string of the molecule is CCOc1cc2c(c(F)c1OCC)C(=N)N(CC(=O)c1cc3c(c(C(C)(C)C)c1)OCCN3C(C)C(=O)O)C2. The molecule has 0 aromatic heterocycles. The lowest BCUT2D eigenvalue weighted by Crippen LogP contribution is -2.44. The van der Waals surface area contributed by atoms with E-state index < -0.39 is 17.8 Å². The number of carbonyl (C=O) groups excluding carboxylic acids is 1. The second-order valence-electron chi connectivity index (χ2n) is 10.7. The molecule has 9 nitrogen and oxygen atoms in total. The summed E-state index contributed by atoms with van der Waals surface area (Å²) in [6.45, 7) is 12.4. The van der Waals surface area contributed by atoms with Crippen molar-refractivity contribution in [2.75, 3.05) is 37.8 Å². The van der Waals surface area contributed by atoms with Gasteiger partial charge in [0, 0.05) is 17.7 Å². The first-order valence-corrected chi connectivity index (χ1v) is 13.2. The van der Waals surface area contributed by atoms with E-state index in [1.54, 1.807) is 43.9 Å². The third-order valence-electron chi connectivity index (χ3n) is 7.02. The molecule has 2 aromatic rings. The minimum atomic E-state index is -0.972. The van der Waals surface area contributed by atoms with Gasteiger partial charge in [0.05, 0.1) is 37.6 Å². The zero-order valence-electron chi connectivity index (χ0n) is 23.3. The predicted molar refractivity (Wildman–Crippen MR) is 145 cm³/mol. The number of aliphatic carboxylic acids is 1. The monoisotopic (exact) mass is 541 g/mol. The third-order valence-corrected chi connectivity index (χ3v) is 7.02. The summed E-state index contributed by atoms with van der Waals surface area (Å²) in [6, 6.07) is 4.31. The largest absolute Gasteiger partial charge is 0.490 e. The van der Waals surface area contributed by atoms with Crippen LogP contribution in [0.1, 0.15) is 68.6 Å². The predicted octanol–water partition coefficient (Wildman–Crippen LogP) is 4.62. The van der Waals surface area contributed by atoms with Crippen LogP contribution in [0.25, 0.3) is 0 Å². The first-order valence-electron chi connectivity index (χ1n) is 13.2. The fraction of sp³-hybridized carbons (Fsp3) is 0.483. The van der Waals surface area contributed by atoms with Gasteiger partial charge in [-0.05, 0) is 49.9 Å². The Balaban J connectivity index is 1.69. The molecular weight excluding hydrogens is 505 g/mol. The smallest absolute Gasteiger partial charge is 0.326 e. The van der Waals surface area contributed by atoms with E-state index >= 15 is 4.39 Å². The number of nitrogens with one attached hydrogen (secondary N) is 1. The van der Waals surface area contributed by atoms with Gasteiger partial charge in [-0.1, -0.05) is 20.8 Å². The molecular formula is C29H36FN3O6. The molecule has 0 saturated carbocycles. The number of hydrogen-bond acceptors (Lipinski definition) is 7. The molecule has 0 spiro atoms. The van der Waals surface area contributed by atoms with Crippen molar-refractivity contribution >= 4 is 23.3 Å². The van der Waals surface area contributed by atoms with Crippen molar-refractivity contribution < 1.29 is 33.3 Å². The first kappa shape index (κ1) is 28.2. The maximum Gasteiger partial charge on any atom is 0.326 e. The van der Waals surface area contributed by atoms with E-state index in [-0.39, 0.29) is 53.8 Å². The van der Waals surface area contributed by atoms with E-state index in [0.717, 1.165) is 5.56 Å². The van der Waals surface area contributed by atoms with Gasteiger partial charge in [-0.2, -0.15) is 0 Å². The van der Waals surface area contributed by atoms with Crippen LogP contribution in [0.5, 0.6) is 17.2 Å². The quantitative estimate of drug-likeness (QED) is 0.443. The molecule has 0 fully saturated rings. The van der Waals surface area contributed by atoms with Gasteiger partial charge < -0.3 is 29.1 Å². The molecule has 1 atom stereocenters. The van der Waals surface area contributed by atoms with E-state index in [0.29, 0.717) is 42.3 Å². The number of Topliss-reactive ketones (excluding diaryl/α,β-unsaturated/α-hetero) is 1. The number of carboxylic acid groups (broad SMARTS) is 1. The fourth-order valence-corrected chi connectivity index (χ4v) is 5.02. The Labute approximate surface area is 228 Å². The normalized spacial score (nSPS) is 15.4. The fourth-order valence-electron chi connectivity index (χ4n) is 5.02. The number of carbonyl (C=O) groups is 2. The Hall–Kier alpha value is -3.82. The topological polar surface area (TPSA) is 112 Å². The van der Waals surface area contributed by atoms with E-state index in [9.17, 15) is 14.7 Å². The number of rotatable bonds is 9. The van der Waals surface area contributed by atoms with Gasteiger partial charge in [-0.3, -0.25) is 10.2 Å². The third kappa shape index (κ3) is 5.24. The second-order valence-corrected chi connectivity index (χ2v) is 10.7. The molecule has 39 heavy (non-hydrogen) atoms. The Kier molecular flexibility index (Phi) is 7.77. The molecule has 0 amide bonds. The van der Waals surface area contributed by atoms with Gasteiger partial charge in [0.15, 0.2) is 23.1 Å². The Bertz CT molecular complexity index is 1320. The lowest BCUT2D eigenvalue weighted by Gasteiger charge is -2.37. The number of amidine groups is 1. The zero-order chi connectivity index (χ0) is 28.6. The average Bonchev–Trinajstić information content (AvgIpc) is 3.18. The van der Waals surface area contributed by atoms with Crippen LogP contribution < -0.4 is 19.1 Å². The van der Waals surface area contributed by atoms with Gasteiger partial charge >= 0.3 is 5.97 Å². The minimum Gasteiger partial charge on any atom is -0.490 e. The number of hydrogen-bond donors (Lipinski definition) is 2. The van der Waals surface area contributed by atoms with Crippen LogP contribution in [0.3, 0.4) is 0 Å². The standard InChI is InChI=1S/C29H36FN3O6/c1-7-37-22-13-18-14-32(27(31)23(18)24(30)26(22)38-8-2)15-21(34)17-11-19(29(4,5)6)25-20(12-17)33(9-10-39-25)16(3)28(35)36/h11-13,16,31H,7-10,14-15H2,1-6H3,(H,35,36). The van der Waals surface area contributed by atoms with E-state index in [1.165, 1.54) is 4.90 Å². The highest BCUT2D eigenvalue weighted by Crippen LogP contribution is 2.43. The molecule has 2 N–H and O–H groups in total. The molecule has 2 aromatic carbocycles. The van der Waals surface area contributed by atoms with Crippen molar-refractivity contribution in [2.24, 2.45) is 0 Å². The summed E-state index contributed by atoms with van der Waals surface area (Å²) in [5, 5.41) is 18.3. The minimum absolute atomic E-state index is 0.0341. The number of nitrogens with zero attached hydrogens (tertiary/aromatic N) is 2. The van der Waals surface area contributed by atoms with E-state index in [4.69, 9.17) is 19.6 Å². The highest BCUT2D eigenvalue weighted by molar-refractivity contribution is 6.06. The Morgan fingerprint density at radius 1 is 1.18 bits per heavy atom. The van der Waals surface area contributed by atoms with E-state index in [2.05, 4.69) is 0 Å². The van der Waals surface area contributed by atoms with Gasteiger partial charge in [0.25, 0.3) is 0 Å². The number of ketones is 1. The molecule has 0 saturated heterocycles. The zero-order valence-corrected chi connectivity index (χ0v) is 23.3. The van der Waals surface area contributed by atoms with Crippen molar-refractivity contribution in [3.8, 4) is 17.2 Å². The summed E-state index contributed by atoms with van der Waals surface area (Å²) >= 11 is 0. The highest BCUT2D eigenvalue weighted by atomic mass is 19.1. The molecule has 10 heteroatoms. The lowest BCUT2D eigenvalue weighted by molar-refractivity contribution is -0.138. The van der Waals surface area contributed by atoms with Gasteiger partial charge in [0.2, 0.25) is 0 Å². The molecule has 2 aliphatic rings. The van der Waals surface area contributed by atoms with Crippen LogP contribution >= 0.6 is 0 Å². The van der Waals surface area contributed by atoms with Crippen LogP contribution in [0.2, 0.25) is 0 Å². The summed E-state index contributed by atoms with van der Waals surface area (Å²) < 4.78 is 32.5. The van der Waals surface area contributed by atoms with Gasteiger partial charge in [-0.15, -0.1) is 0 Å². The van der Waals surface area contributed by atoms with Crippen molar-refractivity contribution in [3.05, 3.63) is 46.3 Å². The number of halogens is 1. The molecule has 0 aliphatic carbocycles. The van der Waals surface area contributed by atoms with Crippen LogP contribution in [0, 0.1) is 11.2 Å².